The van der Waals surface area contributed by atoms with Gasteiger partial charge in [-0.1, -0.05) is 6.07 Å². The van der Waals surface area contributed by atoms with Crippen molar-refractivity contribution in [2.45, 2.75) is 6.42 Å². The molecule has 0 spiro atoms. The van der Waals surface area contributed by atoms with Crippen LogP contribution in [0.4, 0.5) is 0 Å². The number of aliphatic carboxylic acids is 1. The summed E-state index contributed by atoms with van der Waals surface area (Å²) in [5, 5.41) is 17.9. The molecule has 0 unspecified atom stereocenters. The SMILES string of the molecule is COC(=O)c1cc(CC(=O)O)ccc1O. The lowest BCUT2D eigenvalue weighted by Gasteiger charge is -2.04. The van der Waals surface area contributed by atoms with Gasteiger partial charge in [-0.25, -0.2) is 4.79 Å². The lowest BCUT2D eigenvalue weighted by atomic mass is 10.1. The zero-order valence-corrected chi connectivity index (χ0v) is 8.06. The van der Waals surface area contributed by atoms with Gasteiger partial charge in [0.2, 0.25) is 0 Å². The number of phenolic OH excluding ortho intramolecular Hbond substituents is 1. The summed E-state index contributed by atoms with van der Waals surface area (Å²) in [6, 6.07) is 4.01. The number of carboxylic acids is 1. The van der Waals surface area contributed by atoms with Crippen molar-refractivity contribution in [2.75, 3.05) is 7.11 Å². The molecule has 0 saturated carbocycles. The number of hydrogen-bond acceptors (Lipinski definition) is 4. The van der Waals surface area contributed by atoms with Crippen LogP contribution in [0, 0.1) is 0 Å². The summed E-state index contributed by atoms with van der Waals surface area (Å²) < 4.78 is 4.43. The quantitative estimate of drug-likeness (QED) is 0.721. The Morgan fingerprint density at radius 3 is 2.60 bits per heavy atom. The largest absolute Gasteiger partial charge is 0.507 e. The zero-order valence-electron chi connectivity index (χ0n) is 8.06. The third-order valence-electron chi connectivity index (χ3n) is 1.82. The van der Waals surface area contributed by atoms with Crippen LogP contribution in [0.3, 0.4) is 0 Å². The highest BCUT2D eigenvalue weighted by Gasteiger charge is 2.12. The maximum Gasteiger partial charge on any atom is 0.341 e. The Morgan fingerprint density at radius 2 is 2.07 bits per heavy atom. The van der Waals surface area contributed by atoms with Crippen molar-refractivity contribution < 1.29 is 24.5 Å². The van der Waals surface area contributed by atoms with Crippen LogP contribution in [-0.2, 0) is 16.0 Å². The van der Waals surface area contributed by atoms with Crippen LogP contribution in [0.2, 0.25) is 0 Å². The number of esters is 1. The predicted molar refractivity (Wildman–Crippen MR) is 50.8 cm³/mol. The van der Waals surface area contributed by atoms with E-state index in [2.05, 4.69) is 4.74 Å². The third-order valence-corrected chi connectivity index (χ3v) is 1.82. The van der Waals surface area contributed by atoms with E-state index in [1.54, 1.807) is 0 Å². The molecule has 0 saturated heterocycles. The molecule has 0 aliphatic heterocycles. The first kappa shape index (κ1) is 11.0. The second-order valence-corrected chi connectivity index (χ2v) is 2.91. The molecular weight excluding hydrogens is 200 g/mol. The minimum Gasteiger partial charge on any atom is -0.507 e. The molecule has 0 aliphatic carbocycles. The van der Waals surface area contributed by atoms with Crippen LogP contribution in [0.25, 0.3) is 0 Å². The number of hydrogen-bond donors (Lipinski definition) is 2. The number of benzene rings is 1. The molecule has 0 fully saturated rings. The fourth-order valence-electron chi connectivity index (χ4n) is 1.14. The van der Waals surface area contributed by atoms with E-state index >= 15 is 0 Å². The van der Waals surface area contributed by atoms with Gasteiger partial charge >= 0.3 is 11.9 Å². The van der Waals surface area contributed by atoms with Gasteiger partial charge in [0.15, 0.2) is 0 Å². The zero-order chi connectivity index (χ0) is 11.4. The molecule has 0 bridgehead atoms. The molecule has 0 radical (unpaired) electrons. The van der Waals surface area contributed by atoms with Gasteiger partial charge in [0.25, 0.3) is 0 Å². The van der Waals surface area contributed by atoms with Crippen molar-refractivity contribution in [1.82, 2.24) is 0 Å². The number of carbonyl (C=O) groups is 2. The van der Waals surface area contributed by atoms with E-state index in [-0.39, 0.29) is 17.7 Å². The Morgan fingerprint density at radius 1 is 1.40 bits per heavy atom. The molecule has 5 nitrogen and oxygen atoms in total. The number of ether oxygens (including phenoxy) is 1. The lowest BCUT2D eigenvalue weighted by Crippen LogP contribution is -2.05. The predicted octanol–water partition coefficient (Wildman–Crippen LogP) is 0.806. The summed E-state index contributed by atoms with van der Waals surface area (Å²) in [7, 11) is 1.19. The number of carboxylic acid groups (broad SMARTS) is 1. The monoisotopic (exact) mass is 210 g/mol. The molecule has 1 aromatic carbocycles. The van der Waals surface area contributed by atoms with E-state index in [4.69, 9.17) is 5.11 Å². The Hall–Kier alpha value is -2.04. The molecule has 0 aliphatic rings. The van der Waals surface area contributed by atoms with E-state index in [9.17, 15) is 14.7 Å². The maximum atomic E-state index is 11.1. The van der Waals surface area contributed by atoms with Gasteiger partial charge in [-0.2, -0.15) is 0 Å². The van der Waals surface area contributed by atoms with Crippen molar-refractivity contribution in [1.29, 1.82) is 0 Å². The highest BCUT2D eigenvalue weighted by molar-refractivity contribution is 5.92. The number of carbonyl (C=O) groups excluding carboxylic acids is 1. The van der Waals surface area contributed by atoms with E-state index in [0.29, 0.717) is 5.56 Å². The van der Waals surface area contributed by atoms with Gasteiger partial charge in [0.05, 0.1) is 13.5 Å². The molecule has 0 amide bonds. The molecule has 0 atom stereocenters. The van der Waals surface area contributed by atoms with Crippen LogP contribution in [0.15, 0.2) is 18.2 Å². The summed E-state index contributed by atoms with van der Waals surface area (Å²) in [5.74, 6) is -1.92. The van der Waals surface area contributed by atoms with Crippen LogP contribution in [0.1, 0.15) is 15.9 Å². The fourth-order valence-corrected chi connectivity index (χ4v) is 1.14. The number of rotatable bonds is 3. The van der Waals surface area contributed by atoms with Crippen molar-refractivity contribution in [3.63, 3.8) is 0 Å². The molecule has 2 N–H and O–H groups in total. The van der Waals surface area contributed by atoms with Gasteiger partial charge < -0.3 is 14.9 Å². The van der Waals surface area contributed by atoms with E-state index in [1.807, 2.05) is 0 Å². The number of methoxy groups -OCH3 is 1. The van der Waals surface area contributed by atoms with Gasteiger partial charge in [-0.15, -0.1) is 0 Å². The first-order valence-corrected chi connectivity index (χ1v) is 4.16. The minimum absolute atomic E-state index is 0.0312. The van der Waals surface area contributed by atoms with E-state index < -0.39 is 11.9 Å². The molecule has 0 aromatic heterocycles. The van der Waals surface area contributed by atoms with E-state index in [1.165, 1.54) is 25.3 Å². The summed E-state index contributed by atoms with van der Waals surface area (Å²) >= 11 is 0. The average Bonchev–Trinajstić information content (AvgIpc) is 2.19. The molecular formula is C10H10O5. The number of aromatic hydroxyl groups is 1. The maximum absolute atomic E-state index is 11.1. The standard InChI is InChI=1S/C10H10O5/c1-15-10(14)7-4-6(5-9(12)13)2-3-8(7)11/h2-4,11H,5H2,1H3,(H,12,13). The molecule has 15 heavy (non-hydrogen) atoms. The third kappa shape index (κ3) is 2.70. The molecule has 0 heterocycles. The summed E-state index contributed by atoms with van der Waals surface area (Å²) in [4.78, 5) is 21.6. The van der Waals surface area contributed by atoms with Gasteiger partial charge in [0, 0.05) is 0 Å². The summed E-state index contributed by atoms with van der Waals surface area (Å²) in [6.45, 7) is 0. The highest BCUT2D eigenvalue weighted by Crippen LogP contribution is 2.19. The highest BCUT2D eigenvalue weighted by atomic mass is 16.5. The van der Waals surface area contributed by atoms with Crippen LogP contribution in [-0.4, -0.2) is 29.3 Å². The first-order chi connectivity index (χ1) is 7.04. The molecule has 1 rings (SSSR count). The fraction of sp³-hybridized carbons (Fsp3) is 0.200. The summed E-state index contributed by atoms with van der Waals surface area (Å²) in [5.41, 5.74) is 0.400. The van der Waals surface area contributed by atoms with Gasteiger partial charge in [-0.05, 0) is 17.7 Å². The van der Waals surface area contributed by atoms with Gasteiger partial charge in [-0.3, -0.25) is 4.79 Å². The van der Waals surface area contributed by atoms with Crippen molar-refractivity contribution in [2.24, 2.45) is 0 Å². The van der Waals surface area contributed by atoms with Crippen LogP contribution >= 0.6 is 0 Å². The molecule has 5 heteroatoms. The average molecular weight is 210 g/mol. The van der Waals surface area contributed by atoms with Crippen molar-refractivity contribution in [3.8, 4) is 5.75 Å². The Labute approximate surface area is 85.9 Å². The van der Waals surface area contributed by atoms with Crippen molar-refractivity contribution >= 4 is 11.9 Å². The van der Waals surface area contributed by atoms with Crippen LogP contribution < -0.4 is 0 Å². The van der Waals surface area contributed by atoms with Crippen LogP contribution in [0.5, 0.6) is 5.75 Å². The summed E-state index contributed by atoms with van der Waals surface area (Å²) in [6.07, 6.45) is -0.204. The Bertz CT molecular complexity index is 397. The van der Waals surface area contributed by atoms with Gasteiger partial charge in [0.1, 0.15) is 11.3 Å². The topological polar surface area (TPSA) is 83.8 Å². The second-order valence-electron chi connectivity index (χ2n) is 2.91. The van der Waals surface area contributed by atoms with Crippen molar-refractivity contribution in [3.05, 3.63) is 29.3 Å². The smallest absolute Gasteiger partial charge is 0.341 e. The Balaban J connectivity index is 3.05. The van der Waals surface area contributed by atoms with E-state index in [0.717, 1.165) is 0 Å². The second kappa shape index (κ2) is 4.45. The molecule has 80 valence electrons. The number of phenols is 1. The Kier molecular flexibility index (Phi) is 3.28. The first-order valence-electron chi connectivity index (χ1n) is 4.16. The molecule has 1 aromatic rings. The normalized spacial score (nSPS) is 9.67. The minimum atomic E-state index is -1.00. The lowest BCUT2D eigenvalue weighted by molar-refractivity contribution is -0.136.